The molecule has 3 nitrogen and oxygen atoms in total. The highest BCUT2D eigenvalue weighted by Crippen LogP contribution is 2.23. The maximum absolute atomic E-state index is 8.55. The van der Waals surface area contributed by atoms with Crippen LogP contribution in [-0.2, 0) is 0 Å². The number of aliphatic imine (C=N–C) groups is 1. The van der Waals surface area contributed by atoms with Gasteiger partial charge in [-0.15, -0.1) is 0 Å². The lowest BCUT2D eigenvalue weighted by Crippen LogP contribution is -2.16. The first-order chi connectivity index (χ1) is 13.7. The van der Waals surface area contributed by atoms with Crippen LogP contribution < -0.4 is 0 Å². The Morgan fingerprint density at radius 3 is 2.21 bits per heavy atom. The molecular weight excluding hydrogens is 342 g/mol. The van der Waals surface area contributed by atoms with Gasteiger partial charge in [-0.05, 0) is 35.8 Å². The van der Waals surface area contributed by atoms with Crippen LogP contribution in [-0.4, -0.2) is 23.9 Å². The van der Waals surface area contributed by atoms with E-state index in [2.05, 4.69) is 18.5 Å². The molecule has 0 amide bonds. The van der Waals surface area contributed by atoms with Gasteiger partial charge in [-0.2, -0.15) is 0 Å². The minimum atomic E-state index is 0.444. The van der Waals surface area contributed by atoms with Gasteiger partial charge in [-0.1, -0.05) is 86.3 Å². The Kier molecular flexibility index (Phi) is 8.41. The number of hydrogen-bond donors (Lipinski definition) is 1. The zero-order valence-electron chi connectivity index (χ0n) is 16.5. The van der Waals surface area contributed by atoms with Crippen molar-refractivity contribution in [1.82, 2.24) is 4.90 Å². The molecule has 2 aromatic carbocycles. The number of rotatable bonds is 9. The fourth-order valence-electron chi connectivity index (χ4n) is 2.61. The topological polar surface area (TPSA) is 39.5 Å². The predicted octanol–water partition coefficient (Wildman–Crippen LogP) is 6.09. The molecule has 0 heterocycles. The van der Waals surface area contributed by atoms with Crippen LogP contribution in [0.3, 0.4) is 0 Å². The Bertz CT molecular complexity index is 888. The van der Waals surface area contributed by atoms with Gasteiger partial charge in [-0.3, -0.25) is 0 Å². The van der Waals surface area contributed by atoms with E-state index in [-0.39, 0.29) is 0 Å². The van der Waals surface area contributed by atoms with Gasteiger partial charge in [0.05, 0.1) is 11.4 Å². The van der Waals surface area contributed by atoms with Gasteiger partial charge in [0.1, 0.15) is 5.82 Å². The van der Waals surface area contributed by atoms with Crippen molar-refractivity contribution in [2.24, 2.45) is 4.99 Å². The van der Waals surface area contributed by atoms with Crippen LogP contribution in [0.1, 0.15) is 24.5 Å². The zero-order chi connectivity index (χ0) is 20.2. The van der Waals surface area contributed by atoms with E-state index in [1.807, 2.05) is 96.9 Å². The largest absolute Gasteiger partial charge is 0.329 e. The molecule has 1 N–H and O–H groups in total. The van der Waals surface area contributed by atoms with E-state index in [1.165, 1.54) is 0 Å². The van der Waals surface area contributed by atoms with Crippen molar-refractivity contribution in [3.63, 3.8) is 0 Å². The van der Waals surface area contributed by atoms with E-state index in [1.54, 1.807) is 12.3 Å². The quantitative estimate of drug-likeness (QED) is 0.421. The maximum Gasteiger partial charge on any atom is 0.132 e. The molecule has 142 valence electrons. The summed E-state index contributed by atoms with van der Waals surface area (Å²) in [6, 6.07) is 19.8. The number of nitrogens with one attached hydrogen (secondary N) is 1. The fourth-order valence-corrected chi connectivity index (χ4v) is 2.61. The van der Waals surface area contributed by atoms with E-state index in [0.29, 0.717) is 5.71 Å². The van der Waals surface area contributed by atoms with Gasteiger partial charge in [-0.25, -0.2) is 4.99 Å². The molecule has 28 heavy (non-hydrogen) atoms. The van der Waals surface area contributed by atoms with Crippen molar-refractivity contribution >= 4 is 17.6 Å². The number of hydrogen-bond acceptors (Lipinski definition) is 3. The first-order valence-corrected chi connectivity index (χ1v) is 9.34. The lowest BCUT2D eigenvalue weighted by atomic mass is 10.1. The summed E-state index contributed by atoms with van der Waals surface area (Å²) in [4.78, 5) is 6.55. The molecule has 3 heteroatoms. The van der Waals surface area contributed by atoms with Crippen molar-refractivity contribution in [3.8, 4) is 0 Å². The Labute approximate surface area is 168 Å². The fraction of sp³-hybridized carbons (Fsp3) is 0.120. The smallest absolute Gasteiger partial charge is 0.132 e. The first kappa shape index (κ1) is 20.8. The van der Waals surface area contributed by atoms with Gasteiger partial charge in [0.25, 0.3) is 0 Å². The minimum Gasteiger partial charge on any atom is -0.329 e. The van der Waals surface area contributed by atoms with E-state index >= 15 is 0 Å². The summed E-state index contributed by atoms with van der Waals surface area (Å²) in [6.07, 6.45) is 12.2. The first-order valence-electron chi connectivity index (χ1n) is 9.34. The molecular formula is C25H27N3. The Morgan fingerprint density at radius 1 is 1.04 bits per heavy atom. The van der Waals surface area contributed by atoms with Crippen molar-refractivity contribution < 1.29 is 0 Å². The third-order valence-corrected chi connectivity index (χ3v) is 4.07. The second kappa shape index (κ2) is 11.3. The normalized spacial score (nSPS) is 12.5. The Hall–Kier alpha value is -3.46. The van der Waals surface area contributed by atoms with Crippen LogP contribution in [0.5, 0.6) is 0 Å². The average Bonchev–Trinajstić information content (AvgIpc) is 2.75. The van der Waals surface area contributed by atoms with Gasteiger partial charge in [0.2, 0.25) is 0 Å². The molecule has 0 saturated heterocycles. The predicted molar refractivity (Wildman–Crippen MR) is 122 cm³/mol. The third kappa shape index (κ3) is 6.06. The molecule has 0 radical (unpaired) electrons. The van der Waals surface area contributed by atoms with Gasteiger partial charge < -0.3 is 10.3 Å². The maximum atomic E-state index is 8.55. The van der Waals surface area contributed by atoms with Crippen LogP contribution in [0, 0.1) is 5.41 Å². The van der Waals surface area contributed by atoms with Crippen LogP contribution >= 0.6 is 0 Å². The van der Waals surface area contributed by atoms with Crippen LogP contribution in [0.4, 0.5) is 0 Å². The highest BCUT2D eigenvalue weighted by molar-refractivity contribution is 6.10. The standard InChI is InChI=1S/C25H27N3/c1-4-6-13-19-27-25(14-5-2)28(3)24(22-17-11-8-12-18-22)20-23(26)21-15-9-7-10-16-21/h5-20,26H,2,4H2,1,3H3/b13-6-,24-20-,25-14-,26-23?,27-19-. The second-order valence-electron chi connectivity index (χ2n) is 6.11. The average molecular weight is 370 g/mol. The van der Waals surface area contributed by atoms with E-state index in [0.717, 1.165) is 29.1 Å². The van der Waals surface area contributed by atoms with Crippen LogP contribution in [0.15, 0.2) is 108 Å². The van der Waals surface area contributed by atoms with E-state index < -0.39 is 0 Å². The SMILES string of the molecule is C=C/C=C(/N=C\C=C/CC)N(C)/C(=C\C(=N)c1ccccc1)c1ccccc1. The third-order valence-electron chi connectivity index (χ3n) is 4.07. The molecule has 0 aromatic heterocycles. The molecule has 0 fully saturated rings. The summed E-state index contributed by atoms with van der Waals surface area (Å²) in [5.74, 6) is 0.742. The molecule has 0 unspecified atom stereocenters. The summed E-state index contributed by atoms with van der Waals surface area (Å²) in [5, 5.41) is 8.55. The molecule has 0 spiro atoms. The Balaban J connectivity index is 2.45. The van der Waals surface area contributed by atoms with Gasteiger partial charge in [0.15, 0.2) is 0 Å². The Morgan fingerprint density at radius 2 is 1.64 bits per heavy atom. The molecule has 2 rings (SSSR count). The minimum absolute atomic E-state index is 0.444. The highest BCUT2D eigenvalue weighted by atomic mass is 15.2. The van der Waals surface area contributed by atoms with E-state index in [9.17, 15) is 0 Å². The molecule has 0 saturated carbocycles. The number of nitrogens with zero attached hydrogens (tertiary/aromatic N) is 2. The molecule has 2 aromatic rings. The number of benzene rings is 2. The number of allylic oxidation sites excluding steroid dienone is 5. The summed E-state index contributed by atoms with van der Waals surface area (Å²) < 4.78 is 0. The van der Waals surface area contributed by atoms with Gasteiger partial charge in [0, 0.05) is 13.3 Å². The molecule has 0 aliphatic rings. The lowest BCUT2D eigenvalue weighted by Gasteiger charge is -2.23. The highest BCUT2D eigenvalue weighted by Gasteiger charge is 2.12. The van der Waals surface area contributed by atoms with Crippen LogP contribution in [0.2, 0.25) is 0 Å². The zero-order valence-corrected chi connectivity index (χ0v) is 16.5. The molecule has 0 aliphatic carbocycles. The summed E-state index contributed by atoms with van der Waals surface area (Å²) in [5.41, 5.74) is 3.21. The van der Waals surface area contributed by atoms with Crippen molar-refractivity contribution in [2.75, 3.05) is 7.05 Å². The molecule has 0 aliphatic heterocycles. The van der Waals surface area contributed by atoms with Crippen molar-refractivity contribution in [2.45, 2.75) is 13.3 Å². The summed E-state index contributed by atoms with van der Waals surface area (Å²) in [6.45, 7) is 5.90. The summed E-state index contributed by atoms with van der Waals surface area (Å²) in [7, 11) is 1.95. The van der Waals surface area contributed by atoms with Crippen molar-refractivity contribution in [3.05, 3.63) is 115 Å². The molecule has 0 atom stereocenters. The van der Waals surface area contributed by atoms with Crippen molar-refractivity contribution in [1.29, 1.82) is 5.41 Å². The van der Waals surface area contributed by atoms with E-state index in [4.69, 9.17) is 5.41 Å². The summed E-state index contributed by atoms with van der Waals surface area (Å²) >= 11 is 0. The molecule has 0 bridgehead atoms. The second-order valence-corrected chi connectivity index (χ2v) is 6.11. The lowest BCUT2D eigenvalue weighted by molar-refractivity contribution is 0.590. The van der Waals surface area contributed by atoms with Gasteiger partial charge >= 0.3 is 0 Å². The monoisotopic (exact) mass is 369 g/mol. The van der Waals surface area contributed by atoms with Crippen LogP contribution in [0.25, 0.3) is 5.70 Å².